The van der Waals surface area contributed by atoms with E-state index in [-0.39, 0.29) is 11.4 Å². The smallest absolute Gasteiger partial charge is 0.127 e. The Morgan fingerprint density at radius 3 is 2.69 bits per heavy atom. The quantitative estimate of drug-likeness (QED) is 0.717. The molecule has 3 aromatic rings. The van der Waals surface area contributed by atoms with Gasteiger partial charge in [0.25, 0.3) is 0 Å². The molecule has 1 N–H and O–H groups in total. The number of nitrogens with one attached hydrogen (secondary N) is 1. The van der Waals surface area contributed by atoms with Crippen molar-refractivity contribution in [3.05, 3.63) is 71.8 Å². The van der Waals surface area contributed by atoms with Crippen LogP contribution in [-0.2, 0) is 12.1 Å². The first-order valence-electron chi connectivity index (χ1n) is 10.3. The molecule has 1 spiro atoms. The maximum Gasteiger partial charge on any atom is 0.127 e. The average molecular weight is 391 g/mol. The number of hydrogen-bond donors (Lipinski definition) is 1. The van der Waals surface area contributed by atoms with Crippen LogP contribution in [0.1, 0.15) is 49.7 Å². The highest BCUT2D eigenvalue weighted by molar-refractivity contribution is 5.66. The maximum absolute atomic E-state index is 14.1. The summed E-state index contributed by atoms with van der Waals surface area (Å²) in [5, 5.41) is 3.79. The van der Waals surface area contributed by atoms with Crippen molar-refractivity contribution in [1.82, 2.24) is 19.4 Å². The molecule has 6 heteroatoms. The van der Waals surface area contributed by atoms with Gasteiger partial charge in [0.1, 0.15) is 11.6 Å². The van der Waals surface area contributed by atoms with E-state index in [1.54, 1.807) is 12.1 Å². The van der Waals surface area contributed by atoms with Gasteiger partial charge in [-0.25, -0.2) is 9.37 Å². The monoisotopic (exact) mass is 391 g/mol. The van der Waals surface area contributed by atoms with E-state index < -0.39 is 0 Å². The van der Waals surface area contributed by atoms with Crippen LogP contribution in [0, 0.1) is 5.82 Å². The summed E-state index contributed by atoms with van der Waals surface area (Å²) in [7, 11) is 0. The number of halogens is 1. The third kappa shape index (κ3) is 3.02. The van der Waals surface area contributed by atoms with E-state index in [1.807, 2.05) is 30.7 Å². The van der Waals surface area contributed by atoms with Crippen LogP contribution in [0.5, 0.6) is 0 Å². The lowest BCUT2D eigenvalue weighted by Crippen LogP contribution is -2.49. The Bertz CT molecular complexity index is 1030. The number of hydrogen-bond acceptors (Lipinski definition) is 4. The second-order valence-corrected chi connectivity index (χ2v) is 8.46. The zero-order valence-electron chi connectivity index (χ0n) is 16.9. The average Bonchev–Trinajstić information content (AvgIpc) is 3.18. The number of rotatable bonds is 3. The van der Waals surface area contributed by atoms with Gasteiger partial charge >= 0.3 is 0 Å². The fourth-order valence-electron chi connectivity index (χ4n) is 4.71. The van der Waals surface area contributed by atoms with Crippen molar-refractivity contribution < 1.29 is 4.39 Å². The highest BCUT2D eigenvalue weighted by Crippen LogP contribution is 2.44. The molecule has 29 heavy (non-hydrogen) atoms. The van der Waals surface area contributed by atoms with E-state index in [4.69, 9.17) is 4.98 Å². The molecule has 5 rings (SSSR count). The van der Waals surface area contributed by atoms with Gasteiger partial charge in [0.2, 0.25) is 0 Å². The first-order chi connectivity index (χ1) is 14.1. The van der Waals surface area contributed by atoms with Gasteiger partial charge in [0, 0.05) is 37.3 Å². The standard InChI is InChI=1S/C23H26FN5/c1-16(2)22-26-14-21-23(27-19-13-25-10-7-20(19)29(21)22)8-11-28(12-9-23)15-17-5-3-4-6-18(17)24/h3-7,10,13-14,16,27H,8-9,11-12,15H2,1-2H3. The summed E-state index contributed by atoms with van der Waals surface area (Å²) in [6, 6.07) is 9.13. The summed E-state index contributed by atoms with van der Waals surface area (Å²) in [4.78, 5) is 11.5. The van der Waals surface area contributed by atoms with Crippen LogP contribution in [0.3, 0.4) is 0 Å². The topological polar surface area (TPSA) is 46.0 Å². The number of fused-ring (bicyclic) bond motifs is 4. The van der Waals surface area contributed by atoms with Gasteiger partial charge in [-0.1, -0.05) is 32.0 Å². The minimum atomic E-state index is -0.165. The summed E-state index contributed by atoms with van der Waals surface area (Å²) in [6.07, 6.45) is 7.68. The normalized spacial score (nSPS) is 17.8. The van der Waals surface area contributed by atoms with Crippen LogP contribution in [0.2, 0.25) is 0 Å². The van der Waals surface area contributed by atoms with Crippen LogP contribution in [0.25, 0.3) is 5.69 Å². The Labute approximate surface area is 170 Å². The molecule has 0 atom stereocenters. The molecule has 0 saturated carbocycles. The van der Waals surface area contributed by atoms with Crippen molar-refractivity contribution in [2.75, 3.05) is 18.4 Å². The Morgan fingerprint density at radius 1 is 1.14 bits per heavy atom. The number of anilines is 1. The third-order valence-electron chi connectivity index (χ3n) is 6.27. The summed E-state index contributed by atoms with van der Waals surface area (Å²) in [5.41, 5.74) is 4.01. The van der Waals surface area contributed by atoms with Gasteiger partial charge in [0.15, 0.2) is 0 Å². The summed E-state index contributed by atoms with van der Waals surface area (Å²) >= 11 is 0. The van der Waals surface area contributed by atoms with Gasteiger partial charge in [0.05, 0.1) is 35.0 Å². The number of pyridine rings is 1. The SMILES string of the molecule is CC(C)c1ncc2n1-c1ccncc1NC21CCN(Cc2ccccc2F)CC1. The van der Waals surface area contributed by atoms with Gasteiger partial charge in [-0.15, -0.1) is 0 Å². The van der Waals surface area contributed by atoms with Crippen LogP contribution in [0.4, 0.5) is 10.1 Å². The minimum absolute atomic E-state index is 0.122. The molecule has 1 saturated heterocycles. The molecule has 2 aliphatic rings. The number of benzene rings is 1. The van der Waals surface area contributed by atoms with Gasteiger partial charge in [-0.05, 0) is 25.0 Å². The highest BCUT2D eigenvalue weighted by atomic mass is 19.1. The lowest BCUT2D eigenvalue weighted by molar-refractivity contribution is 0.160. The predicted octanol–water partition coefficient (Wildman–Crippen LogP) is 4.45. The molecular weight excluding hydrogens is 365 g/mol. The third-order valence-corrected chi connectivity index (χ3v) is 6.27. The van der Waals surface area contributed by atoms with Crippen molar-refractivity contribution in [3.63, 3.8) is 0 Å². The molecule has 0 bridgehead atoms. The van der Waals surface area contributed by atoms with Crippen LogP contribution in [-0.4, -0.2) is 32.5 Å². The highest BCUT2D eigenvalue weighted by Gasteiger charge is 2.43. The molecule has 1 aromatic carbocycles. The predicted molar refractivity (Wildman–Crippen MR) is 112 cm³/mol. The Hall–Kier alpha value is -2.73. The molecule has 5 nitrogen and oxygen atoms in total. The second kappa shape index (κ2) is 6.95. The van der Waals surface area contributed by atoms with E-state index >= 15 is 0 Å². The minimum Gasteiger partial charge on any atom is -0.371 e. The van der Waals surface area contributed by atoms with E-state index in [0.29, 0.717) is 12.5 Å². The van der Waals surface area contributed by atoms with E-state index in [1.165, 1.54) is 5.69 Å². The summed E-state index contributed by atoms with van der Waals surface area (Å²) in [5.74, 6) is 1.30. The number of imidazole rings is 1. The molecule has 2 aromatic heterocycles. The van der Waals surface area contributed by atoms with Crippen molar-refractivity contribution in [2.45, 2.75) is 44.7 Å². The Kier molecular flexibility index (Phi) is 4.39. The van der Waals surface area contributed by atoms with E-state index in [9.17, 15) is 4.39 Å². The Balaban J connectivity index is 1.45. The summed E-state index contributed by atoms with van der Waals surface area (Å²) in [6.45, 7) is 6.82. The molecule has 0 aliphatic carbocycles. The molecule has 2 aliphatic heterocycles. The largest absolute Gasteiger partial charge is 0.371 e. The van der Waals surface area contributed by atoms with Crippen molar-refractivity contribution in [1.29, 1.82) is 0 Å². The fourth-order valence-corrected chi connectivity index (χ4v) is 4.71. The zero-order chi connectivity index (χ0) is 20.0. The van der Waals surface area contributed by atoms with Crippen LogP contribution in [0.15, 0.2) is 48.9 Å². The molecule has 0 amide bonds. The van der Waals surface area contributed by atoms with Gasteiger partial charge < -0.3 is 5.32 Å². The maximum atomic E-state index is 14.1. The molecule has 1 fully saturated rings. The van der Waals surface area contributed by atoms with E-state index in [0.717, 1.165) is 48.7 Å². The first kappa shape index (κ1) is 18.3. The number of nitrogens with zero attached hydrogens (tertiary/aromatic N) is 4. The number of likely N-dealkylation sites (tertiary alicyclic amines) is 1. The van der Waals surface area contributed by atoms with Crippen molar-refractivity contribution in [3.8, 4) is 5.69 Å². The van der Waals surface area contributed by atoms with Crippen molar-refractivity contribution in [2.24, 2.45) is 0 Å². The van der Waals surface area contributed by atoms with E-state index in [2.05, 4.69) is 39.7 Å². The van der Waals surface area contributed by atoms with Gasteiger partial charge in [-0.2, -0.15) is 0 Å². The number of aromatic nitrogens is 3. The number of piperidine rings is 1. The fraction of sp³-hybridized carbons (Fsp3) is 0.391. The summed E-state index contributed by atoms with van der Waals surface area (Å²) < 4.78 is 16.4. The molecule has 0 unspecified atom stereocenters. The van der Waals surface area contributed by atoms with Crippen LogP contribution >= 0.6 is 0 Å². The first-order valence-corrected chi connectivity index (χ1v) is 10.3. The van der Waals surface area contributed by atoms with Crippen LogP contribution < -0.4 is 5.32 Å². The zero-order valence-corrected chi connectivity index (χ0v) is 16.9. The second-order valence-electron chi connectivity index (χ2n) is 8.46. The molecule has 150 valence electrons. The molecule has 0 radical (unpaired) electrons. The Morgan fingerprint density at radius 2 is 1.93 bits per heavy atom. The molecule has 4 heterocycles. The lowest BCUT2D eigenvalue weighted by atomic mass is 9.82. The van der Waals surface area contributed by atoms with Crippen molar-refractivity contribution >= 4 is 5.69 Å². The molecular formula is C23H26FN5. The lowest BCUT2D eigenvalue weighted by Gasteiger charge is -2.46. The van der Waals surface area contributed by atoms with Gasteiger partial charge in [-0.3, -0.25) is 14.5 Å².